The average Bonchev–Trinajstić information content (AvgIpc) is 3.65. The molecule has 1 aliphatic rings. The van der Waals surface area contributed by atoms with Crippen LogP contribution in [0.3, 0.4) is 0 Å². The lowest BCUT2D eigenvalue weighted by molar-refractivity contribution is -0.391. The standard InChI is InChI=1S/C25H30N7O9P/c1-15-28-23-20(24(29-15)38-3)26-14-31(23)25-22(34)21(33)18(41-25)13-40-42(37,27-11-16-7-5-4-6-8-16)39-12-17-9-10-19(30(17)2)32(35)36/h4-10,14,18,21-22,25,33-34H,11-13H2,1-3H3,(H,27,37)/t18-,21?,22-,25-,42?/m1/s1. The Morgan fingerprint density at radius 1 is 1.14 bits per heavy atom. The quantitative estimate of drug-likeness (QED) is 0.121. The van der Waals surface area contributed by atoms with Gasteiger partial charge in [0.05, 0.1) is 27.1 Å². The SMILES string of the molecule is COc1nc(C)nc2c1ncn2[C@@H]1O[C@H](COP(=O)(NCc2ccccc2)OCc2ccc([N+](=O)[O-])n2C)C(O)[C@H]1O. The van der Waals surface area contributed by atoms with E-state index in [2.05, 4.69) is 20.0 Å². The number of aromatic nitrogens is 5. The number of methoxy groups -OCH3 is 1. The topological polar surface area (TPSA) is 198 Å². The van der Waals surface area contributed by atoms with E-state index < -0.39 is 43.8 Å². The summed E-state index contributed by atoms with van der Waals surface area (Å²) in [5, 5.41) is 35.6. The maximum absolute atomic E-state index is 13.8. The number of hydrogen-bond acceptors (Lipinski definition) is 12. The Kier molecular flexibility index (Phi) is 8.65. The zero-order chi connectivity index (χ0) is 30.0. The zero-order valence-electron chi connectivity index (χ0n) is 22.9. The minimum absolute atomic E-state index is 0.118. The van der Waals surface area contributed by atoms with E-state index in [1.54, 1.807) is 6.92 Å². The number of nitrogens with zero attached hydrogens (tertiary/aromatic N) is 6. The van der Waals surface area contributed by atoms with E-state index >= 15 is 0 Å². The van der Waals surface area contributed by atoms with Crippen LogP contribution in [-0.4, -0.2) is 71.3 Å². The molecule has 3 N–H and O–H groups in total. The van der Waals surface area contributed by atoms with Crippen molar-refractivity contribution < 1.29 is 38.2 Å². The molecule has 0 spiro atoms. The van der Waals surface area contributed by atoms with Crippen LogP contribution in [0.2, 0.25) is 0 Å². The lowest BCUT2D eigenvalue weighted by Crippen LogP contribution is -2.34. The third kappa shape index (κ3) is 6.05. The molecule has 0 saturated carbocycles. The summed E-state index contributed by atoms with van der Waals surface area (Å²) in [7, 11) is -1.14. The third-order valence-corrected chi connectivity index (χ3v) is 8.31. The van der Waals surface area contributed by atoms with Gasteiger partial charge in [0.25, 0.3) is 0 Å². The van der Waals surface area contributed by atoms with E-state index in [1.165, 1.54) is 41.8 Å². The molecule has 1 fully saturated rings. The van der Waals surface area contributed by atoms with Crippen LogP contribution in [0.1, 0.15) is 23.3 Å². The van der Waals surface area contributed by atoms with Gasteiger partial charge in [-0.05, 0) is 23.5 Å². The molecule has 0 amide bonds. The van der Waals surface area contributed by atoms with Crippen molar-refractivity contribution in [3.05, 3.63) is 76.0 Å². The summed E-state index contributed by atoms with van der Waals surface area (Å²) in [5.41, 5.74) is 1.86. The van der Waals surface area contributed by atoms with Gasteiger partial charge in [-0.2, -0.15) is 4.98 Å². The van der Waals surface area contributed by atoms with E-state index in [0.29, 0.717) is 22.7 Å². The van der Waals surface area contributed by atoms with Gasteiger partial charge in [-0.1, -0.05) is 30.3 Å². The second kappa shape index (κ2) is 12.2. The van der Waals surface area contributed by atoms with E-state index in [1.807, 2.05) is 30.3 Å². The van der Waals surface area contributed by atoms with Gasteiger partial charge in [0.15, 0.2) is 17.4 Å². The average molecular weight is 604 g/mol. The number of aryl methyl sites for hydroxylation is 1. The second-order valence-corrected chi connectivity index (χ2v) is 11.4. The first-order valence-electron chi connectivity index (χ1n) is 12.8. The van der Waals surface area contributed by atoms with Gasteiger partial charge in [-0.25, -0.2) is 24.2 Å². The van der Waals surface area contributed by atoms with E-state index in [9.17, 15) is 24.9 Å². The van der Waals surface area contributed by atoms with Crippen LogP contribution >= 0.6 is 7.75 Å². The molecule has 0 radical (unpaired) electrons. The van der Waals surface area contributed by atoms with E-state index in [4.69, 9.17) is 18.5 Å². The molecule has 42 heavy (non-hydrogen) atoms. The normalized spacial score (nSPS) is 21.9. The maximum atomic E-state index is 13.8. The lowest BCUT2D eigenvalue weighted by atomic mass is 10.1. The Hall–Kier alpha value is -3.76. The summed E-state index contributed by atoms with van der Waals surface area (Å²) in [6, 6.07) is 11.9. The number of imidazole rings is 1. The second-order valence-electron chi connectivity index (χ2n) is 9.54. The highest BCUT2D eigenvalue weighted by Gasteiger charge is 2.45. The van der Waals surface area contributed by atoms with Crippen LogP contribution in [0.15, 0.2) is 48.8 Å². The summed E-state index contributed by atoms with van der Waals surface area (Å²) in [6.45, 7) is 1.09. The molecular formula is C25H30N7O9P. The fourth-order valence-corrected chi connectivity index (χ4v) is 5.80. The number of fused-ring (bicyclic) bond motifs is 1. The predicted octanol–water partition coefficient (Wildman–Crippen LogP) is 2.14. The molecule has 1 aliphatic heterocycles. The van der Waals surface area contributed by atoms with Gasteiger partial charge in [0, 0.05) is 12.6 Å². The Labute approximate surface area is 239 Å². The van der Waals surface area contributed by atoms with Crippen LogP contribution in [0, 0.1) is 17.0 Å². The number of benzene rings is 1. The Balaban J connectivity index is 1.32. The van der Waals surface area contributed by atoms with Gasteiger partial charge in [0.2, 0.25) is 5.88 Å². The summed E-state index contributed by atoms with van der Waals surface area (Å²) >= 11 is 0. The number of nitro groups is 1. The van der Waals surface area contributed by atoms with Gasteiger partial charge in [-0.15, -0.1) is 0 Å². The molecule has 5 atom stereocenters. The lowest BCUT2D eigenvalue weighted by Gasteiger charge is -2.22. The first kappa shape index (κ1) is 29.7. The molecule has 0 bridgehead atoms. The predicted molar refractivity (Wildman–Crippen MR) is 146 cm³/mol. The summed E-state index contributed by atoms with van der Waals surface area (Å²) in [6.07, 6.45) is -3.65. The number of ether oxygens (including phenoxy) is 2. The number of hydrogen-bond donors (Lipinski definition) is 3. The van der Waals surface area contributed by atoms with E-state index in [-0.39, 0.29) is 24.8 Å². The Bertz CT molecular complexity index is 1610. The minimum atomic E-state index is -4.08. The fourth-order valence-electron chi connectivity index (χ4n) is 4.52. The van der Waals surface area contributed by atoms with Crippen molar-refractivity contribution in [2.45, 2.75) is 44.6 Å². The highest BCUT2D eigenvalue weighted by atomic mass is 31.2. The van der Waals surface area contributed by atoms with Crippen LogP contribution < -0.4 is 9.82 Å². The van der Waals surface area contributed by atoms with Crippen LogP contribution in [-0.2, 0) is 38.5 Å². The number of aliphatic hydroxyl groups is 2. The van der Waals surface area contributed by atoms with Gasteiger partial charge < -0.3 is 29.8 Å². The minimum Gasteiger partial charge on any atom is -0.479 e. The van der Waals surface area contributed by atoms with Crippen molar-refractivity contribution in [3.8, 4) is 5.88 Å². The van der Waals surface area contributed by atoms with Crippen molar-refractivity contribution in [1.82, 2.24) is 29.2 Å². The summed E-state index contributed by atoms with van der Waals surface area (Å²) < 4.78 is 39.1. The molecule has 224 valence electrons. The first-order chi connectivity index (χ1) is 20.1. The van der Waals surface area contributed by atoms with Crippen molar-refractivity contribution in [1.29, 1.82) is 0 Å². The molecule has 4 heterocycles. The molecule has 1 aromatic carbocycles. The first-order valence-corrected chi connectivity index (χ1v) is 14.4. The number of aliphatic hydroxyl groups excluding tert-OH is 2. The Morgan fingerprint density at radius 2 is 1.90 bits per heavy atom. The highest BCUT2D eigenvalue weighted by molar-refractivity contribution is 7.51. The Morgan fingerprint density at radius 3 is 2.60 bits per heavy atom. The zero-order valence-corrected chi connectivity index (χ0v) is 23.8. The molecule has 17 heteroatoms. The third-order valence-electron chi connectivity index (χ3n) is 6.80. The summed E-state index contributed by atoms with van der Waals surface area (Å²) in [4.78, 5) is 23.5. The highest BCUT2D eigenvalue weighted by Crippen LogP contribution is 2.46. The molecule has 5 rings (SSSR count). The van der Waals surface area contributed by atoms with Gasteiger partial charge >= 0.3 is 13.6 Å². The smallest absolute Gasteiger partial charge is 0.406 e. The van der Waals surface area contributed by atoms with Crippen molar-refractivity contribution in [2.24, 2.45) is 7.05 Å². The molecule has 4 aromatic rings. The molecule has 3 aromatic heterocycles. The van der Waals surface area contributed by atoms with Crippen molar-refractivity contribution in [3.63, 3.8) is 0 Å². The number of nitrogens with one attached hydrogen (secondary N) is 1. The van der Waals surface area contributed by atoms with Crippen LogP contribution in [0.25, 0.3) is 11.2 Å². The van der Waals surface area contributed by atoms with Crippen molar-refractivity contribution in [2.75, 3.05) is 13.7 Å². The fraction of sp³-hybridized carbons (Fsp3) is 0.400. The monoisotopic (exact) mass is 603 g/mol. The maximum Gasteiger partial charge on any atom is 0.406 e. The molecule has 2 unspecified atom stereocenters. The molecule has 0 aliphatic carbocycles. The number of rotatable bonds is 12. The van der Waals surface area contributed by atoms with Gasteiger partial charge in [-0.3, -0.25) is 13.6 Å². The van der Waals surface area contributed by atoms with Crippen LogP contribution in [0.5, 0.6) is 5.88 Å². The van der Waals surface area contributed by atoms with Crippen LogP contribution in [0.4, 0.5) is 5.82 Å². The molecular weight excluding hydrogens is 573 g/mol. The largest absolute Gasteiger partial charge is 0.479 e. The summed E-state index contributed by atoms with van der Waals surface area (Å²) in [5.74, 6) is 0.490. The van der Waals surface area contributed by atoms with Crippen molar-refractivity contribution >= 4 is 24.7 Å². The van der Waals surface area contributed by atoms with Gasteiger partial charge in [0.1, 0.15) is 36.4 Å². The van der Waals surface area contributed by atoms with E-state index in [0.717, 1.165) is 5.56 Å². The molecule has 1 saturated heterocycles. The molecule has 16 nitrogen and oxygen atoms in total.